The van der Waals surface area contributed by atoms with E-state index in [1.165, 1.54) is 25.7 Å². The number of carbonyl (C=O) groups is 1. The highest BCUT2D eigenvalue weighted by Gasteiger charge is 2.24. The van der Waals surface area contributed by atoms with E-state index in [-0.39, 0.29) is 36.4 Å². The molecule has 1 N–H and O–H groups in total. The normalized spacial score (nSPS) is 21.4. The summed E-state index contributed by atoms with van der Waals surface area (Å²) in [6.07, 6.45) is 8.90. The van der Waals surface area contributed by atoms with Gasteiger partial charge >= 0.3 is 0 Å². The summed E-state index contributed by atoms with van der Waals surface area (Å²) in [5, 5.41) is 3.52. The molecule has 0 atom stereocenters. The smallest absolute Gasteiger partial charge is 0.243 e. The van der Waals surface area contributed by atoms with E-state index >= 15 is 0 Å². The van der Waals surface area contributed by atoms with Gasteiger partial charge < -0.3 is 24.6 Å². The van der Waals surface area contributed by atoms with Crippen LogP contribution >= 0.6 is 24.0 Å². The molecule has 0 radical (unpaired) electrons. The third-order valence-electron chi connectivity index (χ3n) is 6.68. The molecule has 1 aliphatic carbocycles. The number of carbonyl (C=O) groups excluding carboxylic acids is 1. The van der Waals surface area contributed by atoms with E-state index in [1.807, 2.05) is 0 Å². The molecule has 2 heterocycles. The summed E-state index contributed by atoms with van der Waals surface area (Å²) < 4.78 is 11.6. The van der Waals surface area contributed by atoms with E-state index < -0.39 is 0 Å². The van der Waals surface area contributed by atoms with E-state index in [2.05, 4.69) is 20.1 Å². The van der Waals surface area contributed by atoms with Gasteiger partial charge in [-0.25, -0.2) is 4.99 Å². The number of morpholine rings is 1. The Kier molecular flexibility index (Phi) is 13.2. The molecule has 1 saturated carbocycles. The predicted molar refractivity (Wildman–Crippen MR) is 139 cm³/mol. The summed E-state index contributed by atoms with van der Waals surface area (Å²) in [4.78, 5) is 23.1. The molecular formula is C23H44IN5O3. The number of amides is 1. The Balaban J connectivity index is 0.00000363. The van der Waals surface area contributed by atoms with Crippen molar-refractivity contribution in [3.8, 4) is 0 Å². The topological polar surface area (TPSA) is 69.6 Å². The highest BCUT2D eigenvalue weighted by atomic mass is 127. The number of nitrogens with zero attached hydrogens (tertiary/aromatic N) is 4. The fourth-order valence-corrected chi connectivity index (χ4v) is 4.56. The van der Waals surface area contributed by atoms with Crippen LogP contribution in [0.5, 0.6) is 0 Å². The molecule has 3 aliphatic rings. The van der Waals surface area contributed by atoms with Crippen LogP contribution in [0.4, 0.5) is 0 Å². The Morgan fingerprint density at radius 3 is 2.44 bits per heavy atom. The van der Waals surface area contributed by atoms with Crippen molar-refractivity contribution < 1.29 is 14.3 Å². The van der Waals surface area contributed by atoms with Crippen LogP contribution in [0, 0.1) is 5.92 Å². The van der Waals surface area contributed by atoms with Gasteiger partial charge in [0.25, 0.3) is 0 Å². The lowest BCUT2D eigenvalue weighted by atomic mass is 10.1. The van der Waals surface area contributed by atoms with E-state index in [4.69, 9.17) is 9.47 Å². The van der Waals surface area contributed by atoms with E-state index in [0.29, 0.717) is 6.10 Å². The fraction of sp³-hybridized carbons (Fsp3) is 0.913. The molecule has 0 spiro atoms. The molecule has 0 bridgehead atoms. The first kappa shape index (κ1) is 27.6. The monoisotopic (exact) mass is 565 g/mol. The second kappa shape index (κ2) is 15.3. The maximum atomic E-state index is 12.1. The molecule has 9 heteroatoms. The van der Waals surface area contributed by atoms with Crippen LogP contribution in [-0.4, -0.2) is 112 Å². The van der Waals surface area contributed by atoms with Gasteiger partial charge in [-0.2, -0.15) is 0 Å². The molecule has 8 nitrogen and oxygen atoms in total. The zero-order valence-electron chi connectivity index (χ0n) is 20.1. The number of halogens is 1. The molecule has 3 fully saturated rings. The van der Waals surface area contributed by atoms with Gasteiger partial charge in [0.1, 0.15) is 6.54 Å². The van der Waals surface area contributed by atoms with Gasteiger partial charge in [0.15, 0.2) is 5.96 Å². The van der Waals surface area contributed by atoms with Crippen LogP contribution in [0.3, 0.4) is 0 Å². The van der Waals surface area contributed by atoms with Gasteiger partial charge in [0.2, 0.25) is 5.91 Å². The van der Waals surface area contributed by atoms with Crippen LogP contribution in [-0.2, 0) is 14.3 Å². The molecule has 0 aromatic carbocycles. The maximum absolute atomic E-state index is 12.1. The average Bonchev–Trinajstić information content (AvgIpc) is 3.32. The molecule has 186 valence electrons. The molecule has 32 heavy (non-hydrogen) atoms. The van der Waals surface area contributed by atoms with Crippen molar-refractivity contribution in [2.75, 3.05) is 79.7 Å². The van der Waals surface area contributed by atoms with E-state index in [0.717, 1.165) is 90.2 Å². The minimum atomic E-state index is 0. The van der Waals surface area contributed by atoms with Gasteiger partial charge in [-0.05, 0) is 44.6 Å². The van der Waals surface area contributed by atoms with Crippen LogP contribution in [0.1, 0.15) is 44.9 Å². The number of ether oxygens (including phenoxy) is 2. The Bertz CT molecular complexity index is 558. The first-order valence-electron chi connectivity index (χ1n) is 12.3. The van der Waals surface area contributed by atoms with E-state index in [1.54, 1.807) is 19.0 Å². The Labute approximate surface area is 211 Å². The number of aliphatic imine (C=N–C) groups is 1. The molecule has 2 aliphatic heterocycles. The van der Waals surface area contributed by atoms with Crippen molar-refractivity contribution in [3.63, 3.8) is 0 Å². The number of rotatable bonds is 9. The van der Waals surface area contributed by atoms with Crippen molar-refractivity contribution in [2.24, 2.45) is 10.9 Å². The number of nitrogens with one attached hydrogen (secondary N) is 1. The summed E-state index contributed by atoms with van der Waals surface area (Å²) in [5.74, 6) is 1.68. The Morgan fingerprint density at radius 1 is 1.09 bits per heavy atom. The van der Waals surface area contributed by atoms with Crippen LogP contribution in [0.15, 0.2) is 4.99 Å². The van der Waals surface area contributed by atoms with Gasteiger partial charge in [-0.3, -0.25) is 9.69 Å². The number of likely N-dealkylation sites (tertiary alicyclic amines) is 1. The van der Waals surface area contributed by atoms with Crippen LogP contribution in [0.25, 0.3) is 0 Å². The number of guanidine groups is 1. The van der Waals surface area contributed by atoms with Crippen molar-refractivity contribution in [3.05, 3.63) is 0 Å². The zero-order valence-corrected chi connectivity index (χ0v) is 22.4. The molecule has 2 saturated heterocycles. The molecule has 1 amide bonds. The summed E-state index contributed by atoms with van der Waals surface area (Å²) in [7, 11) is 3.56. The maximum Gasteiger partial charge on any atom is 0.243 e. The van der Waals surface area contributed by atoms with E-state index in [9.17, 15) is 4.79 Å². The Morgan fingerprint density at radius 2 is 1.78 bits per heavy atom. The average molecular weight is 566 g/mol. The first-order valence-corrected chi connectivity index (χ1v) is 12.3. The number of piperidine rings is 1. The summed E-state index contributed by atoms with van der Waals surface area (Å²) >= 11 is 0. The third kappa shape index (κ3) is 9.69. The van der Waals surface area contributed by atoms with Crippen molar-refractivity contribution in [2.45, 2.75) is 51.0 Å². The summed E-state index contributed by atoms with van der Waals surface area (Å²) in [5.41, 5.74) is 0. The minimum absolute atomic E-state index is 0. The highest BCUT2D eigenvalue weighted by molar-refractivity contribution is 14.0. The van der Waals surface area contributed by atoms with Gasteiger partial charge in [-0.15, -0.1) is 24.0 Å². The largest absolute Gasteiger partial charge is 0.379 e. The molecule has 3 rings (SSSR count). The molecular weight excluding hydrogens is 521 g/mol. The van der Waals surface area contributed by atoms with Crippen LogP contribution in [0.2, 0.25) is 0 Å². The second-order valence-corrected chi connectivity index (χ2v) is 9.33. The zero-order chi connectivity index (χ0) is 21.9. The van der Waals surface area contributed by atoms with Crippen molar-refractivity contribution in [1.29, 1.82) is 0 Å². The minimum Gasteiger partial charge on any atom is -0.379 e. The van der Waals surface area contributed by atoms with Gasteiger partial charge in [0.05, 0.1) is 19.3 Å². The summed E-state index contributed by atoms with van der Waals surface area (Å²) in [6, 6.07) is 0. The number of likely N-dealkylation sites (N-methyl/N-ethyl adjacent to an activating group) is 1. The highest BCUT2D eigenvalue weighted by Crippen LogP contribution is 2.26. The standard InChI is InChI=1S/C23H43N5O3.HI/c1-26(2)22(29)18-25-23(24-10-5-11-27-14-16-30-17-15-27)28-12-8-21(9-13-28)31-19-20-6-3-4-7-20;/h20-21H,3-19H2,1-2H3,(H,24,25);1H. The van der Waals surface area contributed by atoms with Crippen molar-refractivity contribution in [1.82, 2.24) is 20.0 Å². The molecule has 0 aromatic heterocycles. The van der Waals surface area contributed by atoms with Crippen LogP contribution < -0.4 is 5.32 Å². The van der Waals surface area contributed by atoms with Gasteiger partial charge in [0, 0.05) is 53.4 Å². The summed E-state index contributed by atoms with van der Waals surface area (Å²) in [6.45, 7) is 8.64. The molecule has 0 unspecified atom stereocenters. The van der Waals surface area contributed by atoms with Gasteiger partial charge in [-0.1, -0.05) is 12.8 Å². The third-order valence-corrected chi connectivity index (χ3v) is 6.68. The lowest BCUT2D eigenvalue weighted by Crippen LogP contribution is -2.48. The Hall–Kier alpha value is -0.650. The van der Waals surface area contributed by atoms with Crippen molar-refractivity contribution >= 4 is 35.8 Å². The lowest BCUT2D eigenvalue weighted by molar-refractivity contribution is -0.127. The lowest BCUT2D eigenvalue weighted by Gasteiger charge is -2.35. The fourth-order valence-electron chi connectivity index (χ4n) is 4.56. The number of hydrogen-bond donors (Lipinski definition) is 1. The second-order valence-electron chi connectivity index (χ2n) is 9.33. The first-order chi connectivity index (χ1) is 15.1. The quantitative estimate of drug-likeness (QED) is 0.200. The SMILES string of the molecule is CN(C)C(=O)CN=C(NCCCN1CCOCC1)N1CCC(OCC2CCCC2)CC1.I. The number of hydrogen-bond acceptors (Lipinski definition) is 5. The predicted octanol–water partition coefficient (Wildman–Crippen LogP) is 2.03. The molecule has 0 aromatic rings.